The molecule has 0 spiro atoms. The van der Waals surface area contributed by atoms with Crippen LogP contribution in [0, 0.1) is 11.3 Å². The van der Waals surface area contributed by atoms with Crippen molar-refractivity contribution >= 4 is 5.91 Å². The summed E-state index contributed by atoms with van der Waals surface area (Å²) in [6.07, 6.45) is 2.50. The Morgan fingerprint density at radius 1 is 1.36 bits per heavy atom. The lowest BCUT2D eigenvalue weighted by Gasteiger charge is -2.35. The second kappa shape index (κ2) is 8.68. The minimum absolute atomic E-state index is 0.0170. The van der Waals surface area contributed by atoms with Gasteiger partial charge in [0.05, 0.1) is 12.2 Å². The Balaban J connectivity index is 2.03. The van der Waals surface area contributed by atoms with Crippen molar-refractivity contribution in [2.45, 2.75) is 52.4 Å². The molecule has 1 aliphatic heterocycles. The van der Waals surface area contributed by atoms with E-state index in [4.69, 9.17) is 4.74 Å². The summed E-state index contributed by atoms with van der Waals surface area (Å²) in [6, 6.07) is 10.4. The van der Waals surface area contributed by atoms with Crippen molar-refractivity contribution in [2.75, 3.05) is 13.1 Å². The van der Waals surface area contributed by atoms with Crippen molar-refractivity contribution in [2.24, 2.45) is 0 Å². The molecular weight excluding hydrogens is 314 g/mol. The number of nitriles is 1. The monoisotopic (exact) mass is 341 g/mol. The van der Waals surface area contributed by atoms with E-state index in [1.807, 2.05) is 26.8 Å². The molecule has 1 aromatic carbocycles. The molecule has 1 heterocycles. The zero-order chi connectivity index (χ0) is 18.4. The van der Waals surface area contributed by atoms with E-state index in [0.29, 0.717) is 13.1 Å². The molecule has 1 aromatic rings. The molecule has 0 aromatic heterocycles. The molecule has 25 heavy (non-hydrogen) atoms. The molecule has 1 saturated heterocycles. The predicted molar refractivity (Wildman–Crippen MR) is 97.7 cm³/mol. The zero-order valence-electron chi connectivity index (χ0n) is 15.5. The third kappa shape index (κ3) is 5.07. The number of nitrogens with one attached hydrogen (secondary N) is 1. The highest BCUT2D eigenvalue weighted by Gasteiger charge is 2.27. The van der Waals surface area contributed by atoms with E-state index in [9.17, 15) is 10.1 Å². The lowest BCUT2D eigenvalue weighted by atomic mass is 10.1. The number of ether oxygens (including phenoxy) is 1. The average Bonchev–Trinajstić information content (AvgIpc) is 2.61. The van der Waals surface area contributed by atoms with Gasteiger partial charge < -0.3 is 15.0 Å². The largest absolute Gasteiger partial charge is 0.383 e. The van der Waals surface area contributed by atoms with Gasteiger partial charge in [-0.05, 0) is 38.3 Å². The molecule has 5 nitrogen and oxygen atoms in total. The standard InChI is InChI=1S/C20H27N3O2/c1-5-17-6-8-18(9-7-17)16(4)22-11-19(10-21)20(24)23-12-14(2)25-15(3)13-23/h6-9,11,14-16,22H,5,12-13H2,1-4H3/b19-11-. The van der Waals surface area contributed by atoms with E-state index in [1.54, 1.807) is 4.90 Å². The van der Waals surface area contributed by atoms with Crippen LogP contribution in [0.5, 0.6) is 0 Å². The molecule has 1 N–H and O–H groups in total. The average molecular weight is 341 g/mol. The first-order valence-electron chi connectivity index (χ1n) is 8.84. The fourth-order valence-electron chi connectivity index (χ4n) is 3.00. The summed E-state index contributed by atoms with van der Waals surface area (Å²) < 4.78 is 5.64. The van der Waals surface area contributed by atoms with E-state index >= 15 is 0 Å². The molecule has 0 aliphatic carbocycles. The van der Waals surface area contributed by atoms with Crippen molar-refractivity contribution in [1.82, 2.24) is 10.2 Å². The van der Waals surface area contributed by atoms with Crippen molar-refractivity contribution in [1.29, 1.82) is 5.26 Å². The van der Waals surface area contributed by atoms with Gasteiger partial charge in [0.1, 0.15) is 11.6 Å². The number of aryl methyl sites for hydroxylation is 1. The van der Waals surface area contributed by atoms with Crippen LogP contribution in [0.4, 0.5) is 0 Å². The molecule has 1 aliphatic rings. The summed E-state index contributed by atoms with van der Waals surface area (Å²) in [6.45, 7) is 9.03. The number of morpholine rings is 1. The molecule has 1 amide bonds. The summed E-state index contributed by atoms with van der Waals surface area (Å²) in [4.78, 5) is 14.3. The van der Waals surface area contributed by atoms with Crippen LogP contribution >= 0.6 is 0 Å². The third-order valence-electron chi connectivity index (χ3n) is 4.42. The second-order valence-corrected chi connectivity index (χ2v) is 6.62. The number of carbonyl (C=O) groups is 1. The Hall–Kier alpha value is -2.32. The van der Waals surface area contributed by atoms with Gasteiger partial charge in [-0.2, -0.15) is 5.26 Å². The first kappa shape index (κ1) is 19.0. The number of rotatable bonds is 5. The summed E-state index contributed by atoms with van der Waals surface area (Å²) in [5.41, 5.74) is 2.53. The minimum Gasteiger partial charge on any atom is -0.383 e. The molecule has 5 heteroatoms. The van der Waals surface area contributed by atoms with Crippen LogP contribution in [0.15, 0.2) is 36.0 Å². The van der Waals surface area contributed by atoms with Crippen LogP contribution in [0.3, 0.4) is 0 Å². The first-order valence-corrected chi connectivity index (χ1v) is 8.84. The molecule has 0 radical (unpaired) electrons. The van der Waals surface area contributed by atoms with E-state index in [0.717, 1.165) is 12.0 Å². The lowest BCUT2D eigenvalue weighted by Crippen LogP contribution is -2.48. The van der Waals surface area contributed by atoms with Crippen molar-refractivity contribution in [3.05, 3.63) is 47.2 Å². The number of hydrogen-bond acceptors (Lipinski definition) is 4. The summed E-state index contributed by atoms with van der Waals surface area (Å²) >= 11 is 0. The van der Waals surface area contributed by atoms with Gasteiger partial charge in [-0.1, -0.05) is 31.2 Å². The Morgan fingerprint density at radius 2 is 1.96 bits per heavy atom. The molecule has 2 rings (SSSR count). The van der Waals surface area contributed by atoms with Crippen LogP contribution in [0.1, 0.15) is 44.9 Å². The maximum Gasteiger partial charge on any atom is 0.266 e. The highest BCUT2D eigenvalue weighted by Crippen LogP contribution is 2.16. The van der Waals surface area contributed by atoms with E-state index in [1.165, 1.54) is 11.8 Å². The van der Waals surface area contributed by atoms with Gasteiger partial charge in [-0.3, -0.25) is 4.79 Å². The van der Waals surface area contributed by atoms with E-state index in [2.05, 4.69) is 36.5 Å². The molecule has 134 valence electrons. The van der Waals surface area contributed by atoms with Crippen LogP contribution in [0.25, 0.3) is 0 Å². The van der Waals surface area contributed by atoms with Crippen LogP contribution in [-0.2, 0) is 16.0 Å². The highest BCUT2D eigenvalue weighted by molar-refractivity contribution is 5.97. The summed E-state index contributed by atoms with van der Waals surface area (Å²) in [5, 5.41) is 12.5. The van der Waals surface area contributed by atoms with Crippen LogP contribution in [0.2, 0.25) is 0 Å². The smallest absolute Gasteiger partial charge is 0.266 e. The number of amides is 1. The number of hydrogen-bond donors (Lipinski definition) is 1. The maximum atomic E-state index is 12.6. The van der Waals surface area contributed by atoms with Gasteiger partial charge >= 0.3 is 0 Å². The quantitative estimate of drug-likeness (QED) is 0.660. The van der Waals surface area contributed by atoms with E-state index in [-0.39, 0.29) is 29.7 Å². The fraction of sp³-hybridized carbons (Fsp3) is 0.500. The Bertz CT molecular complexity index is 651. The molecule has 3 unspecified atom stereocenters. The van der Waals surface area contributed by atoms with Crippen molar-refractivity contribution in [3.8, 4) is 6.07 Å². The molecule has 0 saturated carbocycles. The number of carbonyl (C=O) groups excluding carboxylic acids is 1. The van der Waals surface area contributed by atoms with Gasteiger partial charge in [0.25, 0.3) is 5.91 Å². The molecule has 1 fully saturated rings. The van der Waals surface area contributed by atoms with Crippen molar-refractivity contribution in [3.63, 3.8) is 0 Å². The second-order valence-electron chi connectivity index (χ2n) is 6.62. The number of benzene rings is 1. The van der Waals surface area contributed by atoms with Gasteiger partial charge in [0, 0.05) is 25.3 Å². The zero-order valence-corrected chi connectivity index (χ0v) is 15.5. The molecule has 3 atom stereocenters. The third-order valence-corrected chi connectivity index (χ3v) is 4.42. The minimum atomic E-state index is -0.245. The normalized spacial score (nSPS) is 22.2. The topological polar surface area (TPSA) is 65.4 Å². The molecular formula is C20H27N3O2. The van der Waals surface area contributed by atoms with Crippen LogP contribution in [-0.4, -0.2) is 36.1 Å². The number of nitrogens with zero attached hydrogens (tertiary/aromatic N) is 2. The summed E-state index contributed by atoms with van der Waals surface area (Å²) in [5.74, 6) is -0.245. The van der Waals surface area contributed by atoms with Gasteiger partial charge in [0.2, 0.25) is 0 Å². The van der Waals surface area contributed by atoms with Crippen molar-refractivity contribution < 1.29 is 9.53 Å². The summed E-state index contributed by atoms with van der Waals surface area (Å²) in [7, 11) is 0. The fourth-order valence-corrected chi connectivity index (χ4v) is 3.00. The lowest BCUT2D eigenvalue weighted by molar-refractivity contribution is -0.138. The highest BCUT2D eigenvalue weighted by atomic mass is 16.5. The Morgan fingerprint density at radius 3 is 2.48 bits per heavy atom. The van der Waals surface area contributed by atoms with Gasteiger partial charge in [-0.15, -0.1) is 0 Å². The van der Waals surface area contributed by atoms with E-state index < -0.39 is 0 Å². The van der Waals surface area contributed by atoms with Gasteiger partial charge in [-0.25, -0.2) is 0 Å². The van der Waals surface area contributed by atoms with Gasteiger partial charge in [0.15, 0.2) is 0 Å². The molecule has 0 bridgehead atoms. The SMILES string of the molecule is CCc1ccc(C(C)N/C=C(/C#N)C(=O)N2CC(C)OC(C)C2)cc1. The maximum absolute atomic E-state index is 12.6. The Kier molecular flexibility index (Phi) is 6.60. The Labute approximate surface area is 150 Å². The van der Waals surface area contributed by atoms with Crippen LogP contribution < -0.4 is 5.32 Å². The first-order chi connectivity index (χ1) is 11.9. The predicted octanol–water partition coefficient (Wildman–Crippen LogP) is 2.94.